The zero-order valence-corrected chi connectivity index (χ0v) is 11.1. The molecule has 1 aromatic rings. The van der Waals surface area contributed by atoms with Crippen molar-refractivity contribution in [3.8, 4) is 5.75 Å². The molecule has 0 unspecified atom stereocenters. The number of nitrogens with zero attached hydrogens (tertiary/aromatic N) is 1. The Labute approximate surface area is 119 Å². The molecule has 2 rings (SSSR count). The van der Waals surface area contributed by atoms with Crippen LogP contribution < -0.4 is 10.1 Å². The van der Waals surface area contributed by atoms with Gasteiger partial charge in [-0.2, -0.15) is 0 Å². The number of nitrogens with one attached hydrogen (secondary N) is 1. The highest BCUT2D eigenvalue weighted by Crippen LogP contribution is 2.30. The molecular weight excluding hydrogens is 289 g/mol. The molecule has 0 aromatic heterocycles. The van der Waals surface area contributed by atoms with E-state index in [9.17, 15) is 18.0 Å². The number of alkyl halides is 3. The van der Waals surface area contributed by atoms with Gasteiger partial charge in [0.05, 0.1) is 18.3 Å². The van der Waals surface area contributed by atoms with Crippen molar-refractivity contribution in [3.05, 3.63) is 24.3 Å². The van der Waals surface area contributed by atoms with Crippen LogP contribution in [0.4, 0.5) is 23.7 Å². The third-order valence-electron chi connectivity index (χ3n) is 3.20. The molecule has 21 heavy (non-hydrogen) atoms. The molecule has 5 nitrogen and oxygen atoms in total. The van der Waals surface area contributed by atoms with Gasteiger partial charge < -0.3 is 20.1 Å². The first kappa shape index (κ1) is 15.4. The maximum atomic E-state index is 12.3. The molecule has 1 aliphatic heterocycles. The van der Waals surface area contributed by atoms with Crippen LogP contribution in [0.25, 0.3) is 0 Å². The summed E-state index contributed by atoms with van der Waals surface area (Å²) in [5.41, 5.74) is -0.0663. The highest BCUT2D eigenvalue weighted by atomic mass is 19.4. The highest BCUT2D eigenvalue weighted by Gasteiger charge is 2.33. The molecule has 1 saturated heterocycles. The fourth-order valence-corrected chi connectivity index (χ4v) is 2.26. The monoisotopic (exact) mass is 304 g/mol. The van der Waals surface area contributed by atoms with Gasteiger partial charge in [-0.15, -0.1) is 13.2 Å². The van der Waals surface area contributed by atoms with Gasteiger partial charge in [-0.25, -0.2) is 4.79 Å². The van der Waals surface area contributed by atoms with E-state index < -0.39 is 18.1 Å². The van der Waals surface area contributed by atoms with Crippen molar-refractivity contribution < 1.29 is 27.8 Å². The van der Waals surface area contributed by atoms with Crippen LogP contribution in [0, 0.1) is 0 Å². The molecule has 0 aliphatic carbocycles. The lowest BCUT2D eigenvalue weighted by Gasteiger charge is -2.24. The van der Waals surface area contributed by atoms with Crippen molar-refractivity contribution >= 4 is 11.7 Å². The van der Waals surface area contributed by atoms with E-state index in [-0.39, 0.29) is 18.3 Å². The summed E-state index contributed by atoms with van der Waals surface area (Å²) in [6.45, 7) is 0.285. The number of benzene rings is 1. The summed E-state index contributed by atoms with van der Waals surface area (Å²) in [5, 5.41) is 11.6. The molecule has 0 radical (unpaired) electrons. The number of carbonyl (C=O) groups is 1. The quantitative estimate of drug-likeness (QED) is 0.902. The largest absolute Gasteiger partial charge is 0.573 e. The number of rotatable bonds is 3. The lowest BCUT2D eigenvalue weighted by Crippen LogP contribution is -2.40. The van der Waals surface area contributed by atoms with Gasteiger partial charge in [0, 0.05) is 6.54 Å². The number of ether oxygens (including phenoxy) is 1. The predicted molar refractivity (Wildman–Crippen MR) is 69.0 cm³/mol. The Bertz CT molecular complexity index is 508. The molecule has 1 heterocycles. The van der Waals surface area contributed by atoms with Crippen molar-refractivity contribution in [2.75, 3.05) is 18.5 Å². The van der Waals surface area contributed by atoms with Crippen LogP contribution >= 0.6 is 0 Å². The number of hydrogen-bond donors (Lipinski definition) is 2. The van der Waals surface area contributed by atoms with Gasteiger partial charge in [0.25, 0.3) is 0 Å². The first-order valence-electron chi connectivity index (χ1n) is 6.44. The number of likely N-dealkylation sites (tertiary alicyclic amines) is 1. The normalized spacial score (nSPS) is 18.7. The number of hydrogen-bond acceptors (Lipinski definition) is 3. The molecule has 0 bridgehead atoms. The molecule has 0 saturated carbocycles. The summed E-state index contributed by atoms with van der Waals surface area (Å²) in [6.07, 6.45) is -3.41. The van der Waals surface area contributed by atoms with Gasteiger partial charge in [-0.05, 0) is 25.0 Å². The van der Waals surface area contributed by atoms with Crippen LogP contribution in [0.1, 0.15) is 12.8 Å². The second kappa shape index (κ2) is 6.21. The number of urea groups is 1. The minimum atomic E-state index is -4.83. The fraction of sp³-hybridized carbons (Fsp3) is 0.462. The molecule has 116 valence electrons. The van der Waals surface area contributed by atoms with Crippen LogP contribution in [0.3, 0.4) is 0 Å². The Kier molecular flexibility index (Phi) is 4.56. The van der Waals surface area contributed by atoms with Gasteiger partial charge in [0.2, 0.25) is 0 Å². The lowest BCUT2D eigenvalue weighted by molar-refractivity contribution is -0.274. The topological polar surface area (TPSA) is 61.8 Å². The van der Waals surface area contributed by atoms with Gasteiger partial charge in [-0.3, -0.25) is 0 Å². The Balaban J connectivity index is 2.10. The number of aliphatic hydroxyl groups is 1. The van der Waals surface area contributed by atoms with Crippen LogP contribution in [0.15, 0.2) is 24.3 Å². The smallest absolute Gasteiger partial charge is 0.404 e. The molecule has 2 amide bonds. The van der Waals surface area contributed by atoms with E-state index >= 15 is 0 Å². The highest BCUT2D eigenvalue weighted by molar-refractivity contribution is 5.91. The van der Waals surface area contributed by atoms with Crippen molar-refractivity contribution in [3.63, 3.8) is 0 Å². The summed E-state index contributed by atoms with van der Waals surface area (Å²) in [7, 11) is 0. The number of anilines is 1. The maximum absolute atomic E-state index is 12.3. The average Bonchev–Trinajstić information content (AvgIpc) is 2.87. The molecule has 8 heteroatoms. The summed E-state index contributed by atoms with van der Waals surface area (Å²) in [5.74, 6) is -0.474. The standard InChI is InChI=1S/C13H15F3N2O3/c14-13(15,16)21-11-6-2-1-5-10(11)17-12(20)18-7-3-4-9(18)8-19/h1-2,5-6,9,19H,3-4,7-8H2,(H,17,20)/t9-/m0/s1. The van der Waals surface area contributed by atoms with Crippen molar-refractivity contribution in [2.24, 2.45) is 0 Å². The first-order valence-corrected chi connectivity index (χ1v) is 6.44. The Morgan fingerprint density at radius 1 is 1.43 bits per heavy atom. The Morgan fingerprint density at radius 3 is 2.81 bits per heavy atom. The zero-order valence-electron chi connectivity index (χ0n) is 11.1. The zero-order chi connectivity index (χ0) is 15.5. The number of para-hydroxylation sites is 2. The van der Waals surface area contributed by atoms with E-state index in [0.717, 1.165) is 12.5 Å². The molecule has 1 atom stereocenters. The third kappa shape index (κ3) is 4.01. The van der Waals surface area contributed by atoms with Gasteiger partial charge in [0.1, 0.15) is 0 Å². The van der Waals surface area contributed by atoms with Crippen LogP contribution in [-0.4, -0.2) is 41.6 Å². The van der Waals surface area contributed by atoms with Crippen molar-refractivity contribution in [1.82, 2.24) is 4.90 Å². The first-order chi connectivity index (χ1) is 9.90. The number of halogens is 3. The van der Waals surface area contributed by atoms with Crippen molar-refractivity contribution in [2.45, 2.75) is 25.2 Å². The van der Waals surface area contributed by atoms with E-state index in [1.807, 2.05) is 0 Å². The summed E-state index contributed by atoms with van der Waals surface area (Å²) in [6, 6.07) is 4.46. The van der Waals surface area contributed by atoms with E-state index in [1.54, 1.807) is 0 Å². The Morgan fingerprint density at radius 2 is 2.14 bits per heavy atom. The SMILES string of the molecule is O=C(Nc1ccccc1OC(F)(F)F)N1CCC[C@H]1CO. The number of aliphatic hydroxyl groups excluding tert-OH is 1. The predicted octanol–water partition coefficient (Wildman–Crippen LogP) is 2.57. The van der Waals surface area contributed by atoms with E-state index in [2.05, 4.69) is 10.1 Å². The molecule has 2 N–H and O–H groups in total. The average molecular weight is 304 g/mol. The molecular formula is C13H15F3N2O3. The summed E-state index contributed by atoms with van der Waals surface area (Å²) < 4.78 is 40.8. The van der Waals surface area contributed by atoms with Gasteiger partial charge in [-0.1, -0.05) is 12.1 Å². The Hall–Kier alpha value is -1.96. The molecule has 0 spiro atoms. The van der Waals surface area contributed by atoms with E-state index in [0.29, 0.717) is 13.0 Å². The number of carbonyl (C=O) groups excluding carboxylic acids is 1. The molecule has 1 aliphatic rings. The van der Waals surface area contributed by atoms with Crippen LogP contribution in [0.2, 0.25) is 0 Å². The third-order valence-corrected chi connectivity index (χ3v) is 3.20. The number of amides is 2. The molecule has 1 fully saturated rings. The molecule has 1 aromatic carbocycles. The maximum Gasteiger partial charge on any atom is 0.573 e. The fourth-order valence-electron chi connectivity index (χ4n) is 2.26. The summed E-state index contributed by atoms with van der Waals surface area (Å²) in [4.78, 5) is 13.5. The van der Waals surface area contributed by atoms with E-state index in [1.165, 1.54) is 23.1 Å². The summed E-state index contributed by atoms with van der Waals surface area (Å²) >= 11 is 0. The lowest BCUT2D eigenvalue weighted by atomic mass is 10.2. The minimum Gasteiger partial charge on any atom is -0.404 e. The van der Waals surface area contributed by atoms with E-state index in [4.69, 9.17) is 5.11 Å². The van der Waals surface area contributed by atoms with Crippen molar-refractivity contribution in [1.29, 1.82) is 0 Å². The van der Waals surface area contributed by atoms with Crippen LogP contribution in [0.5, 0.6) is 5.75 Å². The minimum absolute atomic E-state index is 0.0663. The van der Waals surface area contributed by atoms with Crippen LogP contribution in [-0.2, 0) is 0 Å². The van der Waals surface area contributed by atoms with Gasteiger partial charge in [0.15, 0.2) is 5.75 Å². The second-order valence-corrected chi connectivity index (χ2v) is 4.65. The second-order valence-electron chi connectivity index (χ2n) is 4.65. The van der Waals surface area contributed by atoms with Gasteiger partial charge >= 0.3 is 12.4 Å².